The molecule has 1 heterocycles. The molecule has 0 aliphatic heterocycles. The molecular formula is C25H25Cl2N3O3S. The maximum atomic E-state index is 12.9. The molecule has 1 aliphatic carbocycles. The molecule has 1 fully saturated rings. The Morgan fingerprint density at radius 1 is 1.03 bits per heavy atom. The lowest BCUT2D eigenvalue weighted by molar-refractivity contribution is 0.0860. The minimum atomic E-state index is -0.281. The summed E-state index contributed by atoms with van der Waals surface area (Å²) in [6.45, 7) is 2.32. The first-order valence-corrected chi connectivity index (χ1v) is 12.7. The van der Waals surface area contributed by atoms with E-state index in [9.17, 15) is 9.59 Å². The van der Waals surface area contributed by atoms with Crippen molar-refractivity contribution in [3.63, 3.8) is 0 Å². The molecule has 2 atom stereocenters. The summed E-state index contributed by atoms with van der Waals surface area (Å²) in [5, 5.41) is 9.30. The molecule has 0 spiro atoms. The lowest BCUT2D eigenvalue weighted by atomic mass is 9.90. The normalized spacial score (nSPS) is 17.7. The van der Waals surface area contributed by atoms with Crippen molar-refractivity contribution in [1.29, 1.82) is 0 Å². The molecule has 2 aromatic carbocycles. The van der Waals surface area contributed by atoms with Gasteiger partial charge in [0.2, 0.25) is 0 Å². The summed E-state index contributed by atoms with van der Waals surface area (Å²) in [5.41, 5.74) is 1.87. The van der Waals surface area contributed by atoms with Crippen LogP contribution < -0.4 is 15.4 Å². The fourth-order valence-corrected chi connectivity index (χ4v) is 5.08. The van der Waals surface area contributed by atoms with Gasteiger partial charge >= 0.3 is 0 Å². The summed E-state index contributed by atoms with van der Waals surface area (Å²) >= 11 is 13.5. The van der Waals surface area contributed by atoms with Crippen LogP contribution in [0, 0.1) is 6.92 Å². The molecule has 0 radical (unpaired) electrons. The zero-order chi connectivity index (χ0) is 24.1. The first-order valence-electron chi connectivity index (χ1n) is 11.1. The molecule has 2 N–H and O–H groups in total. The van der Waals surface area contributed by atoms with E-state index in [1.54, 1.807) is 23.6 Å². The Bertz CT molecular complexity index is 1170. The Labute approximate surface area is 212 Å². The highest BCUT2D eigenvalue weighted by Gasteiger charge is 2.29. The van der Waals surface area contributed by atoms with Crippen LogP contribution in [0.1, 0.15) is 57.1 Å². The number of ether oxygens (including phenoxy) is 1. The van der Waals surface area contributed by atoms with Crippen molar-refractivity contribution in [3.05, 3.63) is 79.7 Å². The average Bonchev–Trinajstić information content (AvgIpc) is 3.29. The fourth-order valence-electron chi connectivity index (χ4n) is 3.90. The second-order valence-electron chi connectivity index (χ2n) is 8.30. The summed E-state index contributed by atoms with van der Waals surface area (Å²) in [5.74, 6) is 0.221. The Kier molecular flexibility index (Phi) is 8.08. The molecule has 1 aromatic heterocycles. The van der Waals surface area contributed by atoms with Crippen molar-refractivity contribution in [2.75, 3.05) is 0 Å². The predicted molar refractivity (Wildman–Crippen MR) is 135 cm³/mol. The lowest BCUT2D eigenvalue weighted by Gasteiger charge is -2.32. The van der Waals surface area contributed by atoms with Crippen molar-refractivity contribution in [2.24, 2.45) is 0 Å². The minimum Gasteiger partial charge on any atom is -0.486 e. The third-order valence-electron chi connectivity index (χ3n) is 5.74. The number of hydrogen-bond donors (Lipinski definition) is 2. The van der Waals surface area contributed by atoms with E-state index in [1.807, 2.05) is 31.2 Å². The molecule has 4 rings (SSSR count). The summed E-state index contributed by atoms with van der Waals surface area (Å²) < 4.78 is 5.76. The van der Waals surface area contributed by atoms with Gasteiger partial charge in [0, 0.05) is 22.5 Å². The molecule has 0 bridgehead atoms. The largest absolute Gasteiger partial charge is 0.486 e. The van der Waals surface area contributed by atoms with Crippen molar-refractivity contribution in [2.45, 2.75) is 51.3 Å². The molecular weight excluding hydrogens is 493 g/mol. The molecule has 178 valence electrons. The molecule has 2 amide bonds. The Morgan fingerprint density at radius 2 is 1.71 bits per heavy atom. The fraction of sp³-hybridized carbons (Fsp3) is 0.320. The second kappa shape index (κ2) is 11.2. The van der Waals surface area contributed by atoms with E-state index in [4.69, 9.17) is 27.9 Å². The quantitative estimate of drug-likeness (QED) is 0.414. The van der Waals surface area contributed by atoms with E-state index < -0.39 is 0 Å². The number of carbonyl (C=O) groups is 2. The van der Waals surface area contributed by atoms with Crippen LogP contribution in [0.2, 0.25) is 10.0 Å². The third-order valence-corrected chi connectivity index (χ3v) is 7.11. The van der Waals surface area contributed by atoms with Gasteiger partial charge in [-0.15, -0.1) is 11.3 Å². The third kappa shape index (κ3) is 6.29. The molecule has 34 heavy (non-hydrogen) atoms. The van der Waals surface area contributed by atoms with Gasteiger partial charge < -0.3 is 15.4 Å². The van der Waals surface area contributed by atoms with Crippen molar-refractivity contribution < 1.29 is 14.3 Å². The summed E-state index contributed by atoms with van der Waals surface area (Å²) in [6, 6.07) is 12.2. The van der Waals surface area contributed by atoms with Gasteiger partial charge in [-0.2, -0.15) is 0 Å². The van der Waals surface area contributed by atoms with Crippen LogP contribution in [0.5, 0.6) is 5.75 Å². The van der Waals surface area contributed by atoms with Crippen LogP contribution in [0.15, 0.2) is 47.8 Å². The lowest BCUT2D eigenvalue weighted by Crippen LogP contribution is -2.53. The SMILES string of the molecule is Cc1ccc(OCc2nc(C(=O)N[C@H]3CCCC[C@@H]3NC(=O)c3ccc(Cl)cc3Cl)cs2)cc1. The van der Waals surface area contributed by atoms with E-state index in [1.165, 1.54) is 11.3 Å². The Hall–Kier alpha value is -2.61. The van der Waals surface area contributed by atoms with Gasteiger partial charge in [-0.1, -0.05) is 53.7 Å². The van der Waals surface area contributed by atoms with Crippen molar-refractivity contribution in [1.82, 2.24) is 15.6 Å². The number of benzene rings is 2. The molecule has 3 aromatic rings. The van der Waals surface area contributed by atoms with Gasteiger partial charge in [-0.3, -0.25) is 9.59 Å². The number of aromatic nitrogens is 1. The number of amides is 2. The minimum absolute atomic E-state index is 0.190. The van der Waals surface area contributed by atoms with Crippen LogP contribution in [0.4, 0.5) is 0 Å². The summed E-state index contributed by atoms with van der Waals surface area (Å²) in [4.78, 5) is 30.1. The topological polar surface area (TPSA) is 80.3 Å². The number of carbonyl (C=O) groups excluding carboxylic acids is 2. The second-order valence-corrected chi connectivity index (χ2v) is 10.1. The summed E-state index contributed by atoms with van der Waals surface area (Å²) in [7, 11) is 0. The maximum Gasteiger partial charge on any atom is 0.271 e. The molecule has 1 aliphatic rings. The van der Waals surface area contributed by atoms with Gasteiger partial charge in [0.15, 0.2) is 0 Å². The monoisotopic (exact) mass is 517 g/mol. The highest BCUT2D eigenvalue weighted by atomic mass is 35.5. The maximum absolute atomic E-state index is 12.9. The molecule has 0 unspecified atom stereocenters. The smallest absolute Gasteiger partial charge is 0.271 e. The number of aryl methyl sites for hydroxylation is 1. The molecule has 9 heteroatoms. The van der Waals surface area contributed by atoms with Crippen LogP contribution in [-0.2, 0) is 6.61 Å². The first kappa shape index (κ1) is 24.5. The van der Waals surface area contributed by atoms with E-state index in [2.05, 4.69) is 15.6 Å². The first-order chi connectivity index (χ1) is 16.4. The van der Waals surface area contributed by atoms with E-state index >= 15 is 0 Å². The molecule has 1 saturated carbocycles. The number of nitrogens with zero attached hydrogens (tertiary/aromatic N) is 1. The number of rotatable bonds is 7. The van der Waals surface area contributed by atoms with Gasteiger partial charge in [-0.05, 0) is 50.1 Å². The highest BCUT2D eigenvalue weighted by Crippen LogP contribution is 2.24. The standard InChI is InChI=1S/C25H25Cl2N3O3S/c1-15-6-9-17(10-7-15)33-13-23-28-22(14-34-23)25(32)30-21-5-3-2-4-20(21)29-24(31)18-11-8-16(26)12-19(18)27/h6-12,14,20-21H,2-5,13H2,1H3,(H,29,31)(H,30,32)/t20-,21-/m0/s1. The van der Waals surface area contributed by atoms with E-state index in [0.29, 0.717) is 27.9 Å². The number of halogens is 2. The summed E-state index contributed by atoms with van der Waals surface area (Å²) in [6.07, 6.45) is 3.50. The average molecular weight is 518 g/mol. The van der Waals surface area contributed by atoms with Crippen molar-refractivity contribution in [3.8, 4) is 5.75 Å². The predicted octanol–water partition coefficient (Wildman–Crippen LogP) is 5.81. The van der Waals surface area contributed by atoms with Gasteiger partial charge in [0.05, 0.1) is 10.6 Å². The Balaban J connectivity index is 1.35. The Morgan fingerprint density at radius 3 is 2.38 bits per heavy atom. The van der Waals surface area contributed by atoms with E-state index in [0.717, 1.165) is 42.0 Å². The van der Waals surface area contributed by atoms with Crippen LogP contribution >= 0.6 is 34.5 Å². The molecule has 6 nitrogen and oxygen atoms in total. The van der Waals surface area contributed by atoms with Crippen LogP contribution in [0.25, 0.3) is 0 Å². The van der Waals surface area contributed by atoms with Crippen LogP contribution in [-0.4, -0.2) is 28.9 Å². The van der Waals surface area contributed by atoms with E-state index in [-0.39, 0.29) is 23.9 Å². The molecule has 0 saturated heterocycles. The van der Waals surface area contributed by atoms with Gasteiger partial charge in [-0.25, -0.2) is 4.98 Å². The zero-order valence-corrected chi connectivity index (χ0v) is 21.0. The van der Waals surface area contributed by atoms with Crippen LogP contribution in [0.3, 0.4) is 0 Å². The zero-order valence-electron chi connectivity index (χ0n) is 18.6. The number of hydrogen-bond acceptors (Lipinski definition) is 5. The number of thiazole rings is 1. The van der Waals surface area contributed by atoms with Gasteiger partial charge in [0.1, 0.15) is 23.1 Å². The highest BCUT2D eigenvalue weighted by molar-refractivity contribution is 7.09. The van der Waals surface area contributed by atoms with Crippen molar-refractivity contribution >= 4 is 46.4 Å². The number of nitrogens with one attached hydrogen (secondary N) is 2. The van der Waals surface area contributed by atoms with Gasteiger partial charge in [0.25, 0.3) is 11.8 Å².